The molecule has 24 heavy (non-hydrogen) atoms. The van der Waals surface area contributed by atoms with Crippen LogP contribution >= 0.6 is 0 Å². The van der Waals surface area contributed by atoms with Gasteiger partial charge in [-0.1, -0.05) is 6.07 Å². The topological polar surface area (TPSA) is 133 Å². The molecule has 0 aliphatic carbocycles. The Morgan fingerprint density at radius 1 is 1.42 bits per heavy atom. The molecule has 1 N–H and O–H groups in total. The lowest BCUT2D eigenvalue weighted by Crippen LogP contribution is -2.38. The fraction of sp³-hybridized carbons (Fsp3) is 0.429. The van der Waals surface area contributed by atoms with Gasteiger partial charge in [0.15, 0.2) is 16.4 Å². The van der Waals surface area contributed by atoms with Crippen LogP contribution in [0.2, 0.25) is 0 Å². The highest BCUT2D eigenvalue weighted by atomic mass is 32.2. The van der Waals surface area contributed by atoms with Crippen molar-refractivity contribution in [2.45, 2.75) is 19.4 Å². The highest BCUT2D eigenvalue weighted by Crippen LogP contribution is 2.19. The molecule has 0 saturated carbocycles. The summed E-state index contributed by atoms with van der Waals surface area (Å²) in [5.41, 5.74) is 0.144. The Kier molecular flexibility index (Phi) is 5.17. The standard InChI is InChI=1S/C14H16N2O7S/c1-9-2-3-10(6-12(9)16(19)20)14(18)23-7-13(17)15-11-4-5-24(21,22)8-11/h2-3,6,11H,4-5,7-8H2,1H3,(H,15,17)/t11-/m1/s1. The zero-order chi connectivity index (χ0) is 17.9. The second-order valence-corrected chi connectivity index (χ2v) is 7.73. The van der Waals surface area contributed by atoms with E-state index < -0.39 is 39.3 Å². The second-order valence-electron chi connectivity index (χ2n) is 5.50. The van der Waals surface area contributed by atoms with Crippen LogP contribution in [0.3, 0.4) is 0 Å². The summed E-state index contributed by atoms with van der Waals surface area (Å²) in [7, 11) is -3.12. The van der Waals surface area contributed by atoms with Crippen LogP contribution in [0.1, 0.15) is 22.3 Å². The van der Waals surface area contributed by atoms with E-state index in [-0.39, 0.29) is 22.8 Å². The number of nitrogens with one attached hydrogen (secondary N) is 1. The number of nitro groups is 1. The van der Waals surface area contributed by atoms with Gasteiger partial charge < -0.3 is 10.1 Å². The van der Waals surface area contributed by atoms with Crippen LogP contribution in [0.4, 0.5) is 5.69 Å². The number of esters is 1. The van der Waals surface area contributed by atoms with Crippen LogP contribution in [0, 0.1) is 17.0 Å². The third kappa shape index (κ3) is 4.51. The lowest BCUT2D eigenvalue weighted by molar-refractivity contribution is -0.385. The summed E-state index contributed by atoms with van der Waals surface area (Å²) in [6.07, 6.45) is 0.326. The van der Waals surface area contributed by atoms with E-state index in [1.807, 2.05) is 0 Å². The Bertz CT molecular complexity index is 788. The zero-order valence-corrected chi connectivity index (χ0v) is 13.7. The summed E-state index contributed by atoms with van der Waals surface area (Å²) in [4.78, 5) is 33.8. The molecule has 1 atom stereocenters. The molecule has 10 heteroatoms. The van der Waals surface area contributed by atoms with Gasteiger partial charge in [-0.05, 0) is 19.4 Å². The van der Waals surface area contributed by atoms with E-state index in [1.165, 1.54) is 19.1 Å². The van der Waals surface area contributed by atoms with E-state index in [9.17, 15) is 28.1 Å². The molecule has 0 spiro atoms. The first-order valence-corrected chi connectivity index (χ1v) is 8.92. The van der Waals surface area contributed by atoms with Gasteiger partial charge in [0.25, 0.3) is 11.6 Å². The van der Waals surface area contributed by atoms with E-state index in [0.29, 0.717) is 12.0 Å². The second kappa shape index (κ2) is 6.95. The number of rotatable bonds is 5. The monoisotopic (exact) mass is 356 g/mol. The van der Waals surface area contributed by atoms with Crippen LogP contribution in [0.25, 0.3) is 0 Å². The first-order chi connectivity index (χ1) is 11.2. The van der Waals surface area contributed by atoms with Crippen molar-refractivity contribution in [2.75, 3.05) is 18.1 Å². The fourth-order valence-corrected chi connectivity index (χ4v) is 4.00. The van der Waals surface area contributed by atoms with Crippen molar-refractivity contribution in [1.29, 1.82) is 0 Å². The summed E-state index contributed by atoms with van der Waals surface area (Å²) < 4.78 is 27.4. The molecule has 0 aromatic heterocycles. The van der Waals surface area contributed by atoms with Crippen LogP contribution in [-0.4, -0.2) is 49.4 Å². The third-order valence-electron chi connectivity index (χ3n) is 3.57. The lowest BCUT2D eigenvalue weighted by atomic mass is 10.1. The number of aryl methyl sites for hydroxylation is 1. The molecule has 1 aromatic carbocycles. The van der Waals surface area contributed by atoms with E-state index in [1.54, 1.807) is 0 Å². The lowest BCUT2D eigenvalue weighted by Gasteiger charge is -2.11. The predicted octanol–water partition coefficient (Wildman–Crippen LogP) is 0.363. The molecule has 1 aliphatic rings. The first-order valence-electron chi connectivity index (χ1n) is 7.10. The quantitative estimate of drug-likeness (QED) is 0.457. The summed E-state index contributed by atoms with van der Waals surface area (Å²) in [6, 6.07) is 3.38. The summed E-state index contributed by atoms with van der Waals surface area (Å²) in [6.45, 7) is 0.952. The number of benzene rings is 1. The average Bonchev–Trinajstić information content (AvgIpc) is 2.83. The van der Waals surface area contributed by atoms with Gasteiger partial charge in [-0.25, -0.2) is 13.2 Å². The number of nitrogens with zero attached hydrogens (tertiary/aromatic N) is 1. The minimum atomic E-state index is -3.12. The van der Waals surface area contributed by atoms with Crippen molar-refractivity contribution in [2.24, 2.45) is 0 Å². The molecule has 1 aromatic rings. The Balaban J connectivity index is 1.90. The van der Waals surface area contributed by atoms with Crippen LogP contribution in [-0.2, 0) is 19.4 Å². The molecule has 1 amide bonds. The van der Waals surface area contributed by atoms with Crippen LogP contribution in [0.15, 0.2) is 18.2 Å². The largest absolute Gasteiger partial charge is 0.452 e. The third-order valence-corrected chi connectivity index (χ3v) is 5.34. The molecular formula is C14H16N2O7S. The van der Waals surface area contributed by atoms with Crippen molar-refractivity contribution in [3.8, 4) is 0 Å². The van der Waals surface area contributed by atoms with E-state index >= 15 is 0 Å². The molecule has 1 saturated heterocycles. The number of hydrogen-bond acceptors (Lipinski definition) is 7. The number of amides is 1. The summed E-state index contributed by atoms with van der Waals surface area (Å²) in [5.74, 6) is -1.60. The maximum absolute atomic E-state index is 11.9. The highest BCUT2D eigenvalue weighted by molar-refractivity contribution is 7.91. The van der Waals surface area contributed by atoms with Crippen molar-refractivity contribution in [3.63, 3.8) is 0 Å². The molecule has 1 heterocycles. The molecule has 0 bridgehead atoms. The highest BCUT2D eigenvalue weighted by Gasteiger charge is 2.29. The van der Waals surface area contributed by atoms with Crippen LogP contribution in [0.5, 0.6) is 0 Å². The van der Waals surface area contributed by atoms with Gasteiger partial charge in [0.2, 0.25) is 0 Å². The molecule has 0 radical (unpaired) electrons. The van der Waals surface area contributed by atoms with E-state index in [2.05, 4.69) is 5.32 Å². The summed E-state index contributed by atoms with van der Waals surface area (Å²) in [5, 5.41) is 13.3. The Morgan fingerprint density at radius 3 is 2.71 bits per heavy atom. The number of sulfone groups is 1. The maximum Gasteiger partial charge on any atom is 0.338 e. The predicted molar refractivity (Wildman–Crippen MR) is 83.3 cm³/mol. The number of hydrogen-bond donors (Lipinski definition) is 1. The summed E-state index contributed by atoms with van der Waals surface area (Å²) >= 11 is 0. The van der Waals surface area contributed by atoms with Gasteiger partial charge in [0.1, 0.15) is 0 Å². The number of ether oxygens (including phenoxy) is 1. The molecule has 9 nitrogen and oxygen atoms in total. The zero-order valence-electron chi connectivity index (χ0n) is 12.9. The minimum absolute atomic E-state index is 0.0186. The fourth-order valence-electron chi connectivity index (χ4n) is 2.33. The molecule has 1 fully saturated rings. The van der Waals surface area contributed by atoms with Gasteiger partial charge in [-0.15, -0.1) is 0 Å². The number of carbonyl (C=O) groups is 2. The van der Waals surface area contributed by atoms with Crippen LogP contribution < -0.4 is 5.32 Å². The Hall–Kier alpha value is -2.49. The number of nitro benzene ring substituents is 1. The van der Waals surface area contributed by atoms with E-state index in [0.717, 1.165) is 6.07 Å². The first kappa shape index (κ1) is 17.9. The molecule has 130 valence electrons. The Labute approximate surface area is 138 Å². The molecular weight excluding hydrogens is 340 g/mol. The Morgan fingerprint density at radius 2 is 2.12 bits per heavy atom. The van der Waals surface area contributed by atoms with Crippen molar-refractivity contribution in [3.05, 3.63) is 39.4 Å². The van der Waals surface area contributed by atoms with Gasteiger partial charge >= 0.3 is 5.97 Å². The average molecular weight is 356 g/mol. The normalized spacial score (nSPS) is 18.8. The SMILES string of the molecule is Cc1ccc(C(=O)OCC(=O)N[C@@H]2CCS(=O)(=O)C2)cc1[N+](=O)[O-]. The number of carbonyl (C=O) groups excluding carboxylic acids is 2. The minimum Gasteiger partial charge on any atom is -0.452 e. The van der Waals surface area contributed by atoms with Gasteiger partial charge in [0, 0.05) is 17.7 Å². The van der Waals surface area contributed by atoms with Gasteiger partial charge in [0.05, 0.1) is 22.0 Å². The molecule has 0 unspecified atom stereocenters. The smallest absolute Gasteiger partial charge is 0.338 e. The molecule has 1 aliphatic heterocycles. The van der Waals surface area contributed by atoms with Gasteiger partial charge in [-0.2, -0.15) is 0 Å². The van der Waals surface area contributed by atoms with Crippen molar-refractivity contribution < 1.29 is 27.7 Å². The maximum atomic E-state index is 11.9. The van der Waals surface area contributed by atoms with E-state index in [4.69, 9.17) is 4.74 Å². The molecule has 2 rings (SSSR count). The van der Waals surface area contributed by atoms with Crippen molar-refractivity contribution >= 4 is 27.4 Å². The van der Waals surface area contributed by atoms with Gasteiger partial charge in [-0.3, -0.25) is 14.9 Å². The van der Waals surface area contributed by atoms with Crippen molar-refractivity contribution in [1.82, 2.24) is 5.32 Å².